The zero-order valence-corrected chi connectivity index (χ0v) is 16.1. The van der Waals surface area contributed by atoms with Crippen molar-refractivity contribution in [2.45, 2.75) is 0 Å². The van der Waals surface area contributed by atoms with E-state index < -0.39 is 0 Å². The molecule has 0 radical (unpaired) electrons. The van der Waals surface area contributed by atoms with Gasteiger partial charge in [-0.3, -0.25) is 4.99 Å². The Hall–Kier alpha value is -2.38. The molecule has 25 heavy (non-hydrogen) atoms. The predicted molar refractivity (Wildman–Crippen MR) is 105 cm³/mol. The second kappa shape index (κ2) is 7.67. The molecule has 0 bridgehead atoms. The van der Waals surface area contributed by atoms with Crippen molar-refractivity contribution in [3.05, 3.63) is 62.7 Å². The van der Waals surface area contributed by atoms with Gasteiger partial charge in [0.05, 0.1) is 19.0 Å². The molecule has 5 nitrogen and oxygen atoms in total. The second-order valence-corrected chi connectivity index (χ2v) is 6.75. The molecule has 0 spiro atoms. The van der Waals surface area contributed by atoms with E-state index in [1.807, 2.05) is 29.6 Å². The van der Waals surface area contributed by atoms with E-state index in [4.69, 9.17) is 4.74 Å². The Kier molecular flexibility index (Phi) is 5.35. The number of phenols is 1. The number of aromatic nitrogens is 1. The molecule has 0 aliphatic rings. The molecular weight excluding hydrogens is 402 g/mol. The van der Waals surface area contributed by atoms with Crippen LogP contribution in [0.15, 0.2) is 62.4 Å². The molecule has 1 aromatic heterocycles. The number of nitrogens with zero attached hydrogens (tertiary/aromatic N) is 3. The maximum Gasteiger partial charge on any atom is 0.205 e. The van der Waals surface area contributed by atoms with E-state index in [0.717, 1.165) is 20.5 Å². The van der Waals surface area contributed by atoms with E-state index in [1.54, 1.807) is 36.1 Å². The fourth-order valence-corrected chi connectivity index (χ4v) is 3.63. The molecule has 0 aliphatic heterocycles. The van der Waals surface area contributed by atoms with Gasteiger partial charge in [0.1, 0.15) is 0 Å². The average Bonchev–Trinajstić information content (AvgIpc) is 3.04. The molecule has 0 fully saturated rings. The average molecular weight is 418 g/mol. The van der Waals surface area contributed by atoms with E-state index in [9.17, 15) is 5.11 Å². The van der Waals surface area contributed by atoms with Crippen LogP contribution in [0.4, 0.5) is 0 Å². The van der Waals surface area contributed by atoms with Crippen LogP contribution in [-0.4, -0.2) is 30.2 Å². The quantitative estimate of drug-likeness (QED) is 0.649. The summed E-state index contributed by atoms with van der Waals surface area (Å²) in [5.41, 5.74) is 2.50. The van der Waals surface area contributed by atoms with Gasteiger partial charge in [-0.05, 0) is 18.2 Å². The Morgan fingerprint density at radius 3 is 2.72 bits per heavy atom. The lowest BCUT2D eigenvalue weighted by molar-refractivity contribution is 0.373. The lowest BCUT2D eigenvalue weighted by atomic mass is 10.2. The Morgan fingerprint density at radius 2 is 2.00 bits per heavy atom. The summed E-state index contributed by atoms with van der Waals surface area (Å²) < 4.78 is 7.86. The number of para-hydroxylation sites is 1. The lowest BCUT2D eigenvalue weighted by Gasteiger charge is -2.07. The van der Waals surface area contributed by atoms with Gasteiger partial charge < -0.3 is 9.84 Å². The zero-order valence-electron chi connectivity index (χ0n) is 13.7. The Morgan fingerprint density at radius 1 is 1.20 bits per heavy atom. The first kappa shape index (κ1) is 17.4. The van der Waals surface area contributed by atoms with Crippen molar-refractivity contribution in [2.24, 2.45) is 10.1 Å². The fraction of sp³-hybridized carbons (Fsp3) is 0.111. The maximum absolute atomic E-state index is 10.2. The predicted octanol–water partition coefficient (Wildman–Crippen LogP) is 4.11. The summed E-state index contributed by atoms with van der Waals surface area (Å²) in [6, 6.07) is 13.2. The molecule has 7 heteroatoms. The number of hydrogen-bond donors (Lipinski definition) is 1. The molecular formula is C18H16BrN3O2S. The number of benzene rings is 2. The molecule has 1 heterocycles. The molecule has 128 valence electrons. The molecule has 0 aliphatic carbocycles. The minimum absolute atomic E-state index is 0.0574. The smallest absolute Gasteiger partial charge is 0.205 e. The number of aromatic hydroxyl groups is 1. The van der Waals surface area contributed by atoms with Gasteiger partial charge in [0.15, 0.2) is 11.5 Å². The number of halogens is 1. The first-order chi connectivity index (χ1) is 12.2. The van der Waals surface area contributed by atoms with E-state index >= 15 is 0 Å². The molecule has 0 saturated heterocycles. The minimum atomic E-state index is 0.0574. The van der Waals surface area contributed by atoms with Gasteiger partial charge in [0, 0.05) is 28.0 Å². The fourth-order valence-electron chi connectivity index (χ4n) is 2.35. The van der Waals surface area contributed by atoms with Gasteiger partial charge in [-0.15, -0.1) is 11.3 Å². The number of phenolic OH excluding ortho intramolecular Hbond substituents is 1. The summed E-state index contributed by atoms with van der Waals surface area (Å²) in [4.78, 5) is 5.03. The highest BCUT2D eigenvalue weighted by Crippen LogP contribution is 2.30. The third-order valence-electron chi connectivity index (χ3n) is 3.59. The summed E-state index contributed by atoms with van der Waals surface area (Å²) in [7, 11) is 3.24. The largest absolute Gasteiger partial charge is 0.504 e. The van der Waals surface area contributed by atoms with Gasteiger partial charge in [-0.25, -0.2) is 4.68 Å². The SMILES string of the molecule is CN=c1scc(-c2ccccc2Br)n1N=Cc1cccc(OC)c1O. The van der Waals surface area contributed by atoms with Gasteiger partial charge in [0.25, 0.3) is 0 Å². The summed E-state index contributed by atoms with van der Waals surface area (Å²) in [6.07, 6.45) is 1.60. The first-order valence-electron chi connectivity index (χ1n) is 7.44. The van der Waals surface area contributed by atoms with Crippen LogP contribution in [0, 0.1) is 0 Å². The van der Waals surface area contributed by atoms with Crippen molar-refractivity contribution in [3.8, 4) is 22.8 Å². The Bertz CT molecular complexity index is 992. The van der Waals surface area contributed by atoms with Gasteiger partial charge in [-0.1, -0.05) is 40.2 Å². The maximum atomic E-state index is 10.2. The van der Waals surface area contributed by atoms with E-state index in [2.05, 4.69) is 26.0 Å². The lowest BCUT2D eigenvalue weighted by Crippen LogP contribution is -2.11. The summed E-state index contributed by atoms with van der Waals surface area (Å²) in [6.45, 7) is 0. The van der Waals surface area contributed by atoms with Crippen LogP contribution in [-0.2, 0) is 0 Å². The van der Waals surface area contributed by atoms with Gasteiger partial charge in [0.2, 0.25) is 4.80 Å². The zero-order chi connectivity index (χ0) is 17.8. The first-order valence-corrected chi connectivity index (χ1v) is 9.11. The van der Waals surface area contributed by atoms with Crippen LogP contribution in [0.25, 0.3) is 11.3 Å². The van der Waals surface area contributed by atoms with Crippen LogP contribution in [0.3, 0.4) is 0 Å². The van der Waals surface area contributed by atoms with Crippen molar-refractivity contribution in [1.29, 1.82) is 0 Å². The molecule has 3 aromatic rings. The Balaban J connectivity index is 2.10. The molecule has 0 saturated carbocycles. The van der Waals surface area contributed by atoms with Crippen LogP contribution < -0.4 is 9.54 Å². The van der Waals surface area contributed by atoms with Crippen molar-refractivity contribution in [2.75, 3.05) is 14.2 Å². The summed E-state index contributed by atoms with van der Waals surface area (Å²) in [5.74, 6) is 0.465. The highest BCUT2D eigenvalue weighted by atomic mass is 79.9. The van der Waals surface area contributed by atoms with Gasteiger partial charge >= 0.3 is 0 Å². The number of rotatable bonds is 4. The monoisotopic (exact) mass is 417 g/mol. The standard InChI is InChI=1S/C18H16BrN3O2S/c1-20-18-22(15(11-25-18)13-7-3-4-8-14(13)19)21-10-12-6-5-9-16(24-2)17(12)23/h3-11,23H,1-2H3. The number of ether oxygens (including phenoxy) is 1. The van der Waals surface area contributed by atoms with Crippen LogP contribution >= 0.6 is 27.3 Å². The summed E-state index contributed by atoms with van der Waals surface area (Å²) in [5, 5.41) is 16.8. The van der Waals surface area contributed by atoms with Crippen molar-refractivity contribution in [1.82, 2.24) is 4.68 Å². The highest BCUT2D eigenvalue weighted by molar-refractivity contribution is 9.10. The molecule has 2 aromatic carbocycles. The van der Waals surface area contributed by atoms with Crippen molar-refractivity contribution in [3.63, 3.8) is 0 Å². The van der Waals surface area contributed by atoms with Crippen molar-refractivity contribution >= 4 is 33.5 Å². The molecule has 3 rings (SSSR count). The van der Waals surface area contributed by atoms with Crippen LogP contribution in [0.1, 0.15) is 5.56 Å². The summed E-state index contributed by atoms with van der Waals surface area (Å²) >= 11 is 5.08. The Labute approximate surface area is 157 Å². The molecule has 0 amide bonds. The normalized spacial score (nSPS) is 12.0. The second-order valence-electron chi connectivity index (χ2n) is 5.06. The van der Waals surface area contributed by atoms with E-state index in [0.29, 0.717) is 11.3 Å². The topological polar surface area (TPSA) is 59.1 Å². The third kappa shape index (κ3) is 3.52. The minimum Gasteiger partial charge on any atom is -0.504 e. The van der Waals surface area contributed by atoms with Crippen molar-refractivity contribution < 1.29 is 9.84 Å². The number of thiazole rings is 1. The van der Waals surface area contributed by atoms with E-state index in [1.165, 1.54) is 18.4 Å². The molecule has 0 atom stereocenters. The van der Waals surface area contributed by atoms with Crippen LogP contribution in [0.2, 0.25) is 0 Å². The molecule has 0 unspecified atom stereocenters. The highest BCUT2D eigenvalue weighted by Gasteiger charge is 2.10. The number of hydrogen-bond acceptors (Lipinski definition) is 5. The van der Waals surface area contributed by atoms with Crippen LogP contribution in [0.5, 0.6) is 11.5 Å². The van der Waals surface area contributed by atoms with E-state index in [-0.39, 0.29) is 5.75 Å². The van der Waals surface area contributed by atoms with Gasteiger partial charge in [-0.2, -0.15) is 5.10 Å². The third-order valence-corrected chi connectivity index (χ3v) is 5.19. The molecule has 1 N–H and O–H groups in total. The number of methoxy groups -OCH3 is 1.